The summed E-state index contributed by atoms with van der Waals surface area (Å²) in [6.45, 7) is 4.13. The van der Waals surface area contributed by atoms with E-state index in [1.807, 2.05) is 12.1 Å². The average molecular weight is 234 g/mol. The predicted molar refractivity (Wildman–Crippen MR) is 70.0 cm³/mol. The van der Waals surface area contributed by atoms with Crippen LogP contribution in [0.4, 0.5) is 0 Å². The number of hydrogen-bond donors (Lipinski definition) is 1. The number of rotatable bonds is 4. The van der Waals surface area contributed by atoms with E-state index in [1.165, 1.54) is 18.4 Å². The van der Waals surface area contributed by atoms with E-state index in [9.17, 15) is 0 Å². The third-order valence-electron chi connectivity index (χ3n) is 3.63. The largest absolute Gasteiger partial charge is 0.496 e. The van der Waals surface area contributed by atoms with E-state index in [1.54, 1.807) is 7.11 Å². The highest BCUT2D eigenvalue weighted by atomic mass is 16.5. The summed E-state index contributed by atoms with van der Waals surface area (Å²) in [5.74, 6) is 1.72. The van der Waals surface area contributed by atoms with E-state index in [2.05, 4.69) is 17.0 Å². The zero-order chi connectivity index (χ0) is 12.1. The normalized spacial score (nSPS) is 18.2. The van der Waals surface area contributed by atoms with Gasteiger partial charge >= 0.3 is 0 Å². The van der Waals surface area contributed by atoms with E-state index >= 15 is 0 Å². The van der Waals surface area contributed by atoms with Gasteiger partial charge in [0.25, 0.3) is 0 Å². The lowest BCUT2D eigenvalue weighted by Crippen LogP contribution is -2.35. The molecule has 0 spiro atoms. The highest BCUT2D eigenvalue weighted by molar-refractivity contribution is 5.33. The minimum Gasteiger partial charge on any atom is -0.496 e. The monoisotopic (exact) mass is 234 g/mol. The van der Waals surface area contributed by atoms with Gasteiger partial charge in [-0.2, -0.15) is 0 Å². The minimum atomic E-state index is 0.726. The van der Waals surface area contributed by atoms with Crippen LogP contribution in [-0.2, 0) is 6.54 Å². The van der Waals surface area contributed by atoms with Crippen molar-refractivity contribution in [3.8, 4) is 5.75 Å². The smallest absolute Gasteiger partial charge is 0.123 e. The lowest BCUT2D eigenvalue weighted by atomic mass is 9.97. The van der Waals surface area contributed by atoms with Gasteiger partial charge in [-0.25, -0.2) is 0 Å². The van der Waals surface area contributed by atoms with Crippen LogP contribution in [0.25, 0.3) is 0 Å². The number of ether oxygens (including phenoxy) is 1. The number of hydrogen-bond acceptors (Lipinski definition) is 3. The molecule has 0 aliphatic carbocycles. The second-order valence-corrected chi connectivity index (χ2v) is 4.77. The molecule has 3 nitrogen and oxygen atoms in total. The maximum absolute atomic E-state index is 5.71. The highest BCUT2D eigenvalue weighted by Gasteiger charge is 2.18. The number of piperidine rings is 1. The van der Waals surface area contributed by atoms with Gasteiger partial charge < -0.3 is 10.5 Å². The first kappa shape index (κ1) is 12.4. The molecule has 1 aromatic rings. The Morgan fingerprint density at radius 1 is 1.29 bits per heavy atom. The maximum Gasteiger partial charge on any atom is 0.123 e. The summed E-state index contributed by atoms with van der Waals surface area (Å²) in [4.78, 5) is 2.49. The number of para-hydroxylation sites is 1. The summed E-state index contributed by atoms with van der Waals surface area (Å²) < 4.78 is 5.38. The number of likely N-dealkylation sites (tertiary alicyclic amines) is 1. The highest BCUT2D eigenvalue weighted by Crippen LogP contribution is 2.22. The Kier molecular flexibility index (Phi) is 4.40. The molecule has 0 unspecified atom stereocenters. The third-order valence-corrected chi connectivity index (χ3v) is 3.63. The molecule has 0 bridgehead atoms. The molecular formula is C14H22N2O. The van der Waals surface area contributed by atoms with Crippen molar-refractivity contribution in [1.29, 1.82) is 0 Å². The van der Waals surface area contributed by atoms with Crippen LogP contribution >= 0.6 is 0 Å². The Hall–Kier alpha value is -1.06. The Morgan fingerprint density at radius 3 is 2.65 bits per heavy atom. The average Bonchev–Trinajstić information content (AvgIpc) is 2.40. The molecule has 2 N–H and O–H groups in total. The summed E-state index contributed by atoms with van der Waals surface area (Å²) in [5.41, 5.74) is 6.99. The molecule has 2 rings (SSSR count). The van der Waals surface area contributed by atoms with Crippen LogP contribution in [0.2, 0.25) is 0 Å². The van der Waals surface area contributed by atoms with E-state index in [4.69, 9.17) is 10.5 Å². The quantitative estimate of drug-likeness (QED) is 0.864. The predicted octanol–water partition coefficient (Wildman–Crippen LogP) is 1.87. The molecular weight excluding hydrogens is 212 g/mol. The Balaban J connectivity index is 1.93. The second kappa shape index (κ2) is 6.03. The van der Waals surface area contributed by atoms with Crippen molar-refractivity contribution in [2.24, 2.45) is 11.7 Å². The van der Waals surface area contributed by atoms with E-state index in [0.717, 1.165) is 37.8 Å². The molecule has 0 aromatic heterocycles. The molecule has 1 aromatic carbocycles. The van der Waals surface area contributed by atoms with Crippen LogP contribution in [0.3, 0.4) is 0 Å². The summed E-state index contributed by atoms with van der Waals surface area (Å²) in [7, 11) is 1.74. The van der Waals surface area contributed by atoms with Gasteiger partial charge in [0, 0.05) is 12.1 Å². The van der Waals surface area contributed by atoms with Gasteiger partial charge in [-0.1, -0.05) is 18.2 Å². The van der Waals surface area contributed by atoms with Crippen molar-refractivity contribution in [2.75, 3.05) is 26.7 Å². The van der Waals surface area contributed by atoms with Gasteiger partial charge in [-0.15, -0.1) is 0 Å². The summed E-state index contributed by atoms with van der Waals surface area (Å²) in [6, 6.07) is 8.27. The Labute approximate surface area is 104 Å². The fraction of sp³-hybridized carbons (Fsp3) is 0.571. The third kappa shape index (κ3) is 3.20. The Morgan fingerprint density at radius 2 is 2.00 bits per heavy atom. The first-order valence-electron chi connectivity index (χ1n) is 6.37. The van der Waals surface area contributed by atoms with Crippen LogP contribution in [0.15, 0.2) is 24.3 Å². The molecule has 1 aliphatic heterocycles. The first-order valence-corrected chi connectivity index (χ1v) is 6.37. The zero-order valence-corrected chi connectivity index (χ0v) is 10.6. The standard InChI is InChI=1S/C14H22N2O/c1-17-14-5-3-2-4-13(14)11-16-8-6-12(10-15)7-9-16/h2-5,12H,6-11,15H2,1H3. The van der Waals surface area contributed by atoms with Gasteiger partial charge in [0.05, 0.1) is 7.11 Å². The molecule has 1 saturated heterocycles. The van der Waals surface area contributed by atoms with Gasteiger partial charge in [0.15, 0.2) is 0 Å². The van der Waals surface area contributed by atoms with Crippen LogP contribution < -0.4 is 10.5 Å². The van der Waals surface area contributed by atoms with Gasteiger partial charge in [0.1, 0.15) is 5.75 Å². The van der Waals surface area contributed by atoms with E-state index < -0.39 is 0 Å². The number of benzene rings is 1. The summed E-state index contributed by atoms with van der Waals surface area (Å²) >= 11 is 0. The maximum atomic E-state index is 5.71. The first-order chi connectivity index (χ1) is 8.33. The molecule has 0 atom stereocenters. The minimum absolute atomic E-state index is 0.726. The fourth-order valence-electron chi connectivity index (χ4n) is 2.45. The number of nitrogens with two attached hydrogens (primary N) is 1. The molecule has 94 valence electrons. The van der Waals surface area contributed by atoms with Gasteiger partial charge in [-0.05, 0) is 44.5 Å². The Bertz CT molecular complexity index is 346. The topological polar surface area (TPSA) is 38.5 Å². The van der Waals surface area contributed by atoms with Crippen molar-refractivity contribution in [2.45, 2.75) is 19.4 Å². The summed E-state index contributed by atoms with van der Waals surface area (Å²) in [6.07, 6.45) is 2.46. The lowest BCUT2D eigenvalue weighted by molar-refractivity contribution is 0.179. The zero-order valence-electron chi connectivity index (χ0n) is 10.6. The second-order valence-electron chi connectivity index (χ2n) is 4.77. The molecule has 1 fully saturated rings. The molecule has 1 heterocycles. The number of methoxy groups -OCH3 is 1. The van der Waals surface area contributed by atoms with E-state index in [0.29, 0.717) is 0 Å². The van der Waals surface area contributed by atoms with Crippen molar-refractivity contribution in [1.82, 2.24) is 4.90 Å². The molecule has 17 heavy (non-hydrogen) atoms. The molecule has 0 radical (unpaired) electrons. The summed E-state index contributed by atoms with van der Waals surface area (Å²) in [5, 5.41) is 0. The SMILES string of the molecule is COc1ccccc1CN1CCC(CN)CC1. The fourth-order valence-corrected chi connectivity index (χ4v) is 2.45. The van der Waals surface area contributed by atoms with Crippen LogP contribution in [0.1, 0.15) is 18.4 Å². The molecule has 1 aliphatic rings. The van der Waals surface area contributed by atoms with Crippen LogP contribution in [0, 0.1) is 5.92 Å². The van der Waals surface area contributed by atoms with Crippen LogP contribution in [-0.4, -0.2) is 31.6 Å². The van der Waals surface area contributed by atoms with Crippen molar-refractivity contribution < 1.29 is 4.74 Å². The van der Waals surface area contributed by atoms with Crippen molar-refractivity contribution >= 4 is 0 Å². The van der Waals surface area contributed by atoms with Gasteiger partial charge in [-0.3, -0.25) is 4.90 Å². The molecule has 0 saturated carbocycles. The molecule has 0 amide bonds. The molecule has 3 heteroatoms. The van der Waals surface area contributed by atoms with Gasteiger partial charge in [0.2, 0.25) is 0 Å². The number of nitrogens with zero attached hydrogens (tertiary/aromatic N) is 1. The van der Waals surface area contributed by atoms with Crippen molar-refractivity contribution in [3.05, 3.63) is 29.8 Å². The van der Waals surface area contributed by atoms with Crippen molar-refractivity contribution in [3.63, 3.8) is 0 Å². The van der Waals surface area contributed by atoms with Crippen LogP contribution in [0.5, 0.6) is 5.75 Å². The lowest BCUT2D eigenvalue weighted by Gasteiger charge is -2.31. The van der Waals surface area contributed by atoms with E-state index in [-0.39, 0.29) is 0 Å².